The highest BCUT2D eigenvalue weighted by atomic mass is 16.5. The van der Waals surface area contributed by atoms with Gasteiger partial charge < -0.3 is 19.4 Å². The molecule has 0 saturated carbocycles. The monoisotopic (exact) mass is 455 g/mol. The number of nitrogens with zero attached hydrogens (tertiary/aromatic N) is 5. The Labute approximate surface area is 200 Å². The van der Waals surface area contributed by atoms with Gasteiger partial charge in [-0.1, -0.05) is 36.3 Å². The number of aromatic nitrogens is 2. The summed E-state index contributed by atoms with van der Waals surface area (Å²) in [5.74, 6) is 6.17. The Morgan fingerprint density at radius 2 is 1.76 bits per heavy atom. The molecule has 1 amide bonds. The van der Waals surface area contributed by atoms with Crippen molar-refractivity contribution >= 4 is 28.2 Å². The molecule has 0 radical (unpaired) electrons. The second-order valence-electron chi connectivity index (χ2n) is 8.74. The molecule has 0 aliphatic carbocycles. The average molecular weight is 456 g/mol. The molecule has 0 atom stereocenters. The zero-order chi connectivity index (χ0) is 23.7. The third kappa shape index (κ3) is 4.01. The number of hydrogen-bond donors (Lipinski definition) is 0. The molecule has 7 heteroatoms. The smallest absolute Gasteiger partial charge is 0.318 e. The minimum Gasteiger partial charge on any atom is -0.467 e. The van der Waals surface area contributed by atoms with Gasteiger partial charge in [0.1, 0.15) is 5.82 Å². The van der Waals surface area contributed by atoms with E-state index in [1.165, 1.54) is 27.6 Å². The number of carbonyl (C=O) groups excluding carboxylic acids is 1. The minimum atomic E-state index is -0.106. The summed E-state index contributed by atoms with van der Waals surface area (Å²) in [6, 6.07) is 13.3. The molecule has 1 saturated heterocycles. The molecule has 0 unspecified atom stereocenters. The van der Waals surface area contributed by atoms with Gasteiger partial charge in [0.05, 0.1) is 19.3 Å². The Hall–Kier alpha value is -3.79. The Bertz CT molecular complexity index is 1300. The molecule has 2 aromatic carbocycles. The number of anilines is 2. The van der Waals surface area contributed by atoms with Crippen molar-refractivity contribution in [1.82, 2.24) is 14.9 Å². The molecule has 0 N–H and O–H groups in total. The molecule has 174 valence electrons. The second-order valence-corrected chi connectivity index (χ2v) is 8.74. The minimum absolute atomic E-state index is 0.106. The maximum Gasteiger partial charge on any atom is 0.318 e. The van der Waals surface area contributed by atoms with Crippen LogP contribution in [-0.4, -0.2) is 60.6 Å². The number of methoxy groups -OCH3 is 1. The molecule has 3 aromatic rings. The van der Waals surface area contributed by atoms with E-state index < -0.39 is 0 Å². The molecule has 3 heterocycles. The molecule has 7 nitrogen and oxygen atoms in total. The fourth-order valence-electron chi connectivity index (χ4n) is 5.02. The third-order valence-electron chi connectivity index (χ3n) is 6.74. The Morgan fingerprint density at radius 3 is 2.50 bits per heavy atom. The lowest BCUT2D eigenvalue weighted by Crippen LogP contribution is -2.49. The molecule has 2 aliphatic heterocycles. The van der Waals surface area contributed by atoms with Crippen LogP contribution in [0.3, 0.4) is 0 Å². The number of fused-ring (bicyclic) bond motifs is 2. The van der Waals surface area contributed by atoms with Crippen LogP contribution in [0.1, 0.15) is 23.7 Å². The Kier molecular flexibility index (Phi) is 5.97. The van der Waals surface area contributed by atoms with Crippen LogP contribution in [0.15, 0.2) is 36.4 Å². The van der Waals surface area contributed by atoms with Crippen LogP contribution < -0.4 is 14.5 Å². The van der Waals surface area contributed by atoms with Gasteiger partial charge in [-0.2, -0.15) is 9.97 Å². The van der Waals surface area contributed by atoms with Gasteiger partial charge in [0.15, 0.2) is 0 Å². The zero-order valence-corrected chi connectivity index (χ0v) is 20.0. The van der Waals surface area contributed by atoms with Crippen LogP contribution in [-0.2, 0) is 17.8 Å². The van der Waals surface area contributed by atoms with Gasteiger partial charge in [-0.25, -0.2) is 0 Å². The maximum absolute atomic E-state index is 12.1. The van der Waals surface area contributed by atoms with E-state index in [0.29, 0.717) is 25.6 Å². The van der Waals surface area contributed by atoms with Crippen molar-refractivity contribution in [2.45, 2.75) is 26.8 Å². The van der Waals surface area contributed by atoms with Crippen LogP contribution in [0.25, 0.3) is 10.8 Å². The summed E-state index contributed by atoms with van der Waals surface area (Å²) in [6.45, 7) is 8.17. The predicted octanol–water partition coefficient (Wildman–Crippen LogP) is 3.18. The van der Waals surface area contributed by atoms with E-state index in [2.05, 4.69) is 65.0 Å². The highest BCUT2D eigenvalue weighted by Crippen LogP contribution is 2.35. The number of piperazine rings is 1. The quantitative estimate of drug-likeness (QED) is 0.566. The summed E-state index contributed by atoms with van der Waals surface area (Å²) in [5, 5.41) is 2.55. The number of carbonyl (C=O) groups is 1. The number of ether oxygens (including phenoxy) is 1. The summed E-state index contributed by atoms with van der Waals surface area (Å²) < 4.78 is 5.48. The van der Waals surface area contributed by atoms with Crippen molar-refractivity contribution in [3.8, 4) is 17.9 Å². The van der Waals surface area contributed by atoms with Crippen LogP contribution in [0.5, 0.6) is 6.01 Å². The van der Waals surface area contributed by atoms with Gasteiger partial charge in [-0.05, 0) is 43.2 Å². The van der Waals surface area contributed by atoms with E-state index in [-0.39, 0.29) is 5.91 Å². The van der Waals surface area contributed by atoms with Crippen LogP contribution in [0.2, 0.25) is 0 Å². The van der Waals surface area contributed by atoms with Gasteiger partial charge >= 0.3 is 6.01 Å². The molecular formula is C27H29N5O2. The first kappa shape index (κ1) is 22.0. The lowest BCUT2D eigenvalue weighted by atomic mass is 9.99. The van der Waals surface area contributed by atoms with Crippen molar-refractivity contribution in [3.05, 3.63) is 53.2 Å². The summed E-state index contributed by atoms with van der Waals surface area (Å²) in [6.07, 6.45) is 0.859. The van der Waals surface area contributed by atoms with Gasteiger partial charge in [0.2, 0.25) is 0 Å². The zero-order valence-electron chi connectivity index (χ0n) is 20.0. The van der Waals surface area contributed by atoms with E-state index in [0.717, 1.165) is 37.6 Å². The van der Waals surface area contributed by atoms with Crippen molar-refractivity contribution in [2.24, 2.45) is 0 Å². The number of benzene rings is 2. The van der Waals surface area contributed by atoms with Crippen LogP contribution in [0.4, 0.5) is 11.5 Å². The highest BCUT2D eigenvalue weighted by molar-refractivity contribution is 5.97. The van der Waals surface area contributed by atoms with Gasteiger partial charge in [0, 0.05) is 49.4 Å². The second kappa shape index (κ2) is 9.22. The standard InChI is InChI=1S/C27H29N5O2/c1-4-7-24(33)30-14-16-31(17-15-30)26-21-12-13-32(18-22(21)28-27(29-26)34-3)23-11-6-10-20-9-5-8-19(2)25(20)23/h5-6,8-11H,12-18H2,1-3H3. The predicted molar refractivity (Wildman–Crippen MR) is 134 cm³/mol. The lowest BCUT2D eigenvalue weighted by molar-refractivity contribution is -0.125. The number of aryl methyl sites for hydroxylation is 1. The molecule has 5 rings (SSSR count). The number of amides is 1. The molecule has 1 fully saturated rings. The van der Waals surface area contributed by atoms with E-state index >= 15 is 0 Å². The number of rotatable bonds is 3. The van der Waals surface area contributed by atoms with Crippen LogP contribution >= 0.6 is 0 Å². The van der Waals surface area contributed by atoms with Crippen molar-refractivity contribution in [2.75, 3.05) is 49.6 Å². The topological polar surface area (TPSA) is 61.8 Å². The molecule has 0 spiro atoms. The molecule has 1 aromatic heterocycles. The van der Waals surface area contributed by atoms with Crippen molar-refractivity contribution < 1.29 is 9.53 Å². The summed E-state index contributed by atoms with van der Waals surface area (Å²) in [4.78, 5) is 28.1. The SMILES string of the molecule is CC#CC(=O)N1CCN(c2nc(OC)nc3c2CCN(c2cccc4cccc(C)c24)C3)CC1. The van der Waals surface area contributed by atoms with Crippen LogP contribution in [0, 0.1) is 18.8 Å². The Balaban J connectivity index is 1.44. The third-order valence-corrected chi connectivity index (χ3v) is 6.74. The largest absolute Gasteiger partial charge is 0.467 e. The van der Waals surface area contributed by atoms with E-state index in [4.69, 9.17) is 14.7 Å². The maximum atomic E-state index is 12.1. The summed E-state index contributed by atoms with van der Waals surface area (Å²) >= 11 is 0. The fraction of sp³-hybridized carbons (Fsp3) is 0.370. The van der Waals surface area contributed by atoms with Gasteiger partial charge in [-0.3, -0.25) is 4.79 Å². The average Bonchev–Trinajstić information content (AvgIpc) is 2.87. The van der Waals surface area contributed by atoms with E-state index in [9.17, 15) is 4.79 Å². The van der Waals surface area contributed by atoms with Gasteiger partial charge in [-0.15, -0.1) is 0 Å². The van der Waals surface area contributed by atoms with Gasteiger partial charge in [0.25, 0.3) is 5.91 Å². The molecule has 2 aliphatic rings. The van der Waals surface area contributed by atoms with Crippen molar-refractivity contribution in [1.29, 1.82) is 0 Å². The molecule has 0 bridgehead atoms. The van der Waals surface area contributed by atoms with E-state index in [1.54, 1.807) is 14.0 Å². The summed E-state index contributed by atoms with van der Waals surface area (Å²) in [5.41, 5.74) is 4.71. The highest BCUT2D eigenvalue weighted by Gasteiger charge is 2.29. The number of hydrogen-bond acceptors (Lipinski definition) is 6. The molecular weight excluding hydrogens is 426 g/mol. The fourth-order valence-corrected chi connectivity index (χ4v) is 5.02. The van der Waals surface area contributed by atoms with Crippen molar-refractivity contribution in [3.63, 3.8) is 0 Å². The first-order valence-corrected chi connectivity index (χ1v) is 11.7. The summed E-state index contributed by atoms with van der Waals surface area (Å²) in [7, 11) is 1.61. The molecule has 34 heavy (non-hydrogen) atoms. The first-order chi connectivity index (χ1) is 16.6. The lowest BCUT2D eigenvalue weighted by Gasteiger charge is -2.37. The van der Waals surface area contributed by atoms with E-state index in [1.807, 2.05) is 4.90 Å². The Morgan fingerprint density at radius 1 is 1.00 bits per heavy atom. The normalized spacial score (nSPS) is 15.6. The first-order valence-electron chi connectivity index (χ1n) is 11.7.